The van der Waals surface area contributed by atoms with Crippen LogP contribution in [0.25, 0.3) is 10.2 Å². The topological polar surface area (TPSA) is 75.2 Å². The van der Waals surface area contributed by atoms with Crippen molar-refractivity contribution in [3.8, 4) is 0 Å². The van der Waals surface area contributed by atoms with Crippen molar-refractivity contribution in [2.75, 3.05) is 30.7 Å². The number of sulfonamides is 1. The van der Waals surface area contributed by atoms with Crippen LogP contribution < -0.4 is 5.32 Å². The molecule has 24 heavy (non-hydrogen) atoms. The van der Waals surface area contributed by atoms with Crippen LogP contribution in [-0.2, 0) is 10.0 Å². The molecule has 3 rings (SSSR count). The van der Waals surface area contributed by atoms with Crippen LogP contribution in [0.2, 0.25) is 0 Å². The third kappa shape index (κ3) is 3.70. The van der Waals surface area contributed by atoms with E-state index in [1.807, 2.05) is 13.8 Å². The van der Waals surface area contributed by atoms with Gasteiger partial charge in [0.15, 0.2) is 0 Å². The SMILES string of the molecule is CCCCS(=O)(=O)N1CCC(CNc2ncnc3c(C)csc23)C1. The molecular formula is C16H24N4O2S2. The van der Waals surface area contributed by atoms with Crippen molar-refractivity contribution in [1.29, 1.82) is 0 Å². The van der Waals surface area contributed by atoms with Crippen LogP contribution in [0.5, 0.6) is 0 Å². The Morgan fingerprint density at radius 1 is 1.42 bits per heavy atom. The Hall–Kier alpha value is -1.25. The summed E-state index contributed by atoms with van der Waals surface area (Å²) in [5.74, 6) is 1.45. The van der Waals surface area contributed by atoms with Crippen molar-refractivity contribution in [1.82, 2.24) is 14.3 Å². The van der Waals surface area contributed by atoms with E-state index in [9.17, 15) is 8.42 Å². The molecule has 0 spiro atoms. The van der Waals surface area contributed by atoms with Gasteiger partial charge in [0, 0.05) is 19.6 Å². The van der Waals surface area contributed by atoms with Gasteiger partial charge in [-0.05, 0) is 36.6 Å². The molecule has 0 saturated carbocycles. The zero-order chi connectivity index (χ0) is 17.2. The molecule has 1 unspecified atom stereocenters. The minimum Gasteiger partial charge on any atom is -0.368 e. The summed E-state index contributed by atoms with van der Waals surface area (Å²) in [6.45, 7) is 6.04. The molecule has 0 aliphatic carbocycles. The first-order chi connectivity index (χ1) is 11.5. The lowest BCUT2D eigenvalue weighted by atomic mass is 10.1. The van der Waals surface area contributed by atoms with Crippen LogP contribution >= 0.6 is 11.3 Å². The molecule has 8 heteroatoms. The molecule has 0 aromatic carbocycles. The molecule has 1 atom stereocenters. The number of hydrogen-bond acceptors (Lipinski definition) is 6. The van der Waals surface area contributed by atoms with Crippen molar-refractivity contribution in [3.05, 3.63) is 17.3 Å². The minimum atomic E-state index is -3.09. The fourth-order valence-electron chi connectivity index (χ4n) is 3.01. The van der Waals surface area contributed by atoms with Gasteiger partial charge in [-0.25, -0.2) is 22.7 Å². The van der Waals surface area contributed by atoms with Crippen molar-refractivity contribution >= 4 is 37.4 Å². The van der Waals surface area contributed by atoms with Crippen LogP contribution in [0.4, 0.5) is 5.82 Å². The van der Waals surface area contributed by atoms with E-state index in [4.69, 9.17) is 0 Å². The molecule has 0 amide bonds. The lowest BCUT2D eigenvalue weighted by Crippen LogP contribution is -2.31. The standard InChI is InChI=1S/C16H24N4O2S2/c1-3-4-7-24(21,22)20-6-5-13(9-20)8-17-16-15-14(18-11-19-16)12(2)10-23-15/h10-11,13H,3-9H2,1-2H3,(H,17,18,19). The van der Waals surface area contributed by atoms with E-state index in [-0.39, 0.29) is 5.75 Å². The molecule has 3 heterocycles. The zero-order valence-electron chi connectivity index (χ0n) is 14.2. The molecule has 6 nitrogen and oxygen atoms in total. The minimum absolute atomic E-state index is 0.269. The Kier molecular flexibility index (Phi) is 5.36. The predicted octanol–water partition coefficient (Wildman–Crippen LogP) is 2.86. The molecule has 2 aromatic rings. The number of unbranched alkanes of at least 4 members (excludes halogenated alkanes) is 1. The number of aryl methyl sites for hydroxylation is 1. The second kappa shape index (κ2) is 7.33. The van der Waals surface area contributed by atoms with Crippen LogP contribution in [0.1, 0.15) is 31.7 Å². The summed E-state index contributed by atoms with van der Waals surface area (Å²) >= 11 is 1.64. The maximum atomic E-state index is 12.3. The van der Waals surface area contributed by atoms with Crippen LogP contribution in [-0.4, -0.2) is 48.1 Å². The molecule has 1 N–H and O–H groups in total. The lowest BCUT2D eigenvalue weighted by Gasteiger charge is -2.16. The summed E-state index contributed by atoms with van der Waals surface area (Å²) in [5.41, 5.74) is 2.15. The number of nitrogens with one attached hydrogen (secondary N) is 1. The highest BCUT2D eigenvalue weighted by molar-refractivity contribution is 7.89. The normalized spacial score (nSPS) is 19.2. The molecule has 1 saturated heterocycles. The first-order valence-electron chi connectivity index (χ1n) is 8.41. The molecular weight excluding hydrogens is 344 g/mol. The van der Waals surface area contributed by atoms with Gasteiger partial charge < -0.3 is 5.32 Å². The van der Waals surface area contributed by atoms with Crippen LogP contribution in [0.15, 0.2) is 11.7 Å². The number of rotatable bonds is 7. The van der Waals surface area contributed by atoms with Gasteiger partial charge in [0.05, 0.1) is 16.0 Å². The van der Waals surface area contributed by atoms with E-state index in [0.29, 0.717) is 19.0 Å². The van der Waals surface area contributed by atoms with E-state index in [0.717, 1.165) is 47.4 Å². The quantitative estimate of drug-likeness (QED) is 0.813. The van der Waals surface area contributed by atoms with Gasteiger partial charge in [-0.15, -0.1) is 11.3 Å². The Morgan fingerprint density at radius 2 is 2.25 bits per heavy atom. The molecule has 2 aromatic heterocycles. The molecule has 0 radical (unpaired) electrons. The summed E-state index contributed by atoms with van der Waals surface area (Å²) in [7, 11) is -3.09. The summed E-state index contributed by atoms with van der Waals surface area (Å²) in [5, 5.41) is 5.48. The summed E-state index contributed by atoms with van der Waals surface area (Å²) in [4.78, 5) is 8.67. The molecule has 0 bridgehead atoms. The Balaban J connectivity index is 1.60. The van der Waals surface area contributed by atoms with Gasteiger partial charge in [-0.3, -0.25) is 0 Å². The predicted molar refractivity (Wildman–Crippen MR) is 99.0 cm³/mol. The first-order valence-corrected chi connectivity index (χ1v) is 10.9. The lowest BCUT2D eigenvalue weighted by molar-refractivity contribution is 0.460. The second-order valence-electron chi connectivity index (χ2n) is 6.38. The first kappa shape index (κ1) is 17.6. The summed E-state index contributed by atoms with van der Waals surface area (Å²) in [6.07, 6.45) is 4.12. The second-order valence-corrected chi connectivity index (χ2v) is 9.35. The smallest absolute Gasteiger partial charge is 0.214 e. The largest absolute Gasteiger partial charge is 0.368 e. The highest BCUT2D eigenvalue weighted by Gasteiger charge is 2.30. The van der Waals surface area contributed by atoms with Crippen LogP contribution in [0.3, 0.4) is 0 Å². The zero-order valence-corrected chi connectivity index (χ0v) is 15.8. The summed E-state index contributed by atoms with van der Waals surface area (Å²) in [6, 6.07) is 0. The molecule has 1 aliphatic heterocycles. The van der Waals surface area contributed by atoms with Crippen molar-refractivity contribution in [2.24, 2.45) is 5.92 Å². The number of fused-ring (bicyclic) bond motifs is 1. The fourth-order valence-corrected chi connectivity index (χ4v) is 5.71. The number of aromatic nitrogens is 2. The average Bonchev–Trinajstić information content (AvgIpc) is 3.19. The Morgan fingerprint density at radius 3 is 3.04 bits per heavy atom. The molecule has 1 aliphatic rings. The molecule has 1 fully saturated rings. The van der Waals surface area contributed by atoms with Gasteiger partial charge in [-0.2, -0.15) is 0 Å². The van der Waals surface area contributed by atoms with Gasteiger partial charge in [0.25, 0.3) is 0 Å². The van der Waals surface area contributed by atoms with E-state index in [1.165, 1.54) is 0 Å². The van der Waals surface area contributed by atoms with E-state index >= 15 is 0 Å². The third-order valence-electron chi connectivity index (χ3n) is 4.49. The number of hydrogen-bond donors (Lipinski definition) is 1. The van der Waals surface area contributed by atoms with Gasteiger partial charge in [-0.1, -0.05) is 13.3 Å². The maximum Gasteiger partial charge on any atom is 0.214 e. The van der Waals surface area contributed by atoms with Crippen molar-refractivity contribution in [3.63, 3.8) is 0 Å². The Bertz CT molecular complexity index is 804. The van der Waals surface area contributed by atoms with Crippen molar-refractivity contribution in [2.45, 2.75) is 33.1 Å². The summed E-state index contributed by atoms with van der Waals surface area (Å²) < 4.78 is 27.3. The number of anilines is 1. The van der Waals surface area contributed by atoms with Crippen molar-refractivity contribution < 1.29 is 8.42 Å². The fraction of sp³-hybridized carbons (Fsp3) is 0.625. The highest BCUT2D eigenvalue weighted by atomic mass is 32.2. The monoisotopic (exact) mass is 368 g/mol. The van der Waals surface area contributed by atoms with Gasteiger partial charge in [0.2, 0.25) is 10.0 Å². The van der Waals surface area contributed by atoms with Crippen LogP contribution in [0, 0.1) is 12.8 Å². The van der Waals surface area contributed by atoms with Gasteiger partial charge in [0.1, 0.15) is 12.1 Å². The highest BCUT2D eigenvalue weighted by Crippen LogP contribution is 2.29. The number of nitrogens with zero attached hydrogens (tertiary/aromatic N) is 3. The third-order valence-corrected chi connectivity index (χ3v) is 7.50. The average molecular weight is 369 g/mol. The maximum absolute atomic E-state index is 12.3. The Labute approximate surface area is 147 Å². The number of thiophene rings is 1. The van der Waals surface area contributed by atoms with Gasteiger partial charge >= 0.3 is 0 Å². The van der Waals surface area contributed by atoms with E-state index in [1.54, 1.807) is 22.0 Å². The van der Waals surface area contributed by atoms with E-state index in [2.05, 4.69) is 20.7 Å². The van der Waals surface area contributed by atoms with E-state index < -0.39 is 10.0 Å². The molecule has 132 valence electrons.